The first-order valence-electron chi connectivity index (χ1n) is 5.98. The van der Waals surface area contributed by atoms with E-state index in [4.69, 9.17) is 22.5 Å². The summed E-state index contributed by atoms with van der Waals surface area (Å²) < 4.78 is 11.5. The van der Waals surface area contributed by atoms with Crippen molar-refractivity contribution in [1.82, 2.24) is 4.90 Å². The second-order valence-corrected chi connectivity index (χ2v) is 10.2. The van der Waals surface area contributed by atoms with E-state index >= 15 is 0 Å². The van der Waals surface area contributed by atoms with Gasteiger partial charge in [0.05, 0.1) is 0 Å². The third-order valence-corrected chi connectivity index (χ3v) is 4.53. The van der Waals surface area contributed by atoms with E-state index in [0.717, 1.165) is 23.1 Å². The van der Waals surface area contributed by atoms with Crippen molar-refractivity contribution in [3.05, 3.63) is 12.7 Å². The highest BCUT2D eigenvalue weighted by Crippen LogP contribution is 2.57. The summed E-state index contributed by atoms with van der Waals surface area (Å²) in [6.07, 6.45) is 2.72. The number of hydrogen-bond acceptors (Lipinski definition) is 4. The minimum absolute atomic E-state index is 0.264. The van der Waals surface area contributed by atoms with Crippen LogP contribution in [0.5, 0.6) is 0 Å². The maximum atomic E-state index is 12.0. The average molecular weight is 362 g/mol. The molecule has 1 atom stereocenters. The number of halogens is 2. The molecule has 0 saturated carbocycles. The van der Waals surface area contributed by atoms with Crippen molar-refractivity contribution in [1.29, 1.82) is 0 Å². The molecule has 0 aliphatic carbocycles. The Hall–Kier alpha value is -0.160. The summed E-state index contributed by atoms with van der Waals surface area (Å²) in [5, 5.41) is 8.72. The number of unbranched alkanes of at least 4 members (excludes halogenated alkanes) is 1. The normalized spacial score (nSPS) is 12.8. The van der Waals surface area contributed by atoms with Gasteiger partial charge in [-0.05, 0) is 28.9 Å². The summed E-state index contributed by atoms with van der Waals surface area (Å²) in [6.45, 7) is 5.39. The van der Waals surface area contributed by atoms with Crippen LogP contribution in [0.3, 0.4) is 0 Å². The fraction of sp³-hybridized carbons (Fsp3) is 0.636. The Kier molecular flexibility index (Phi) is 9.64. The highest BCUT2D eigenvalue weighted by Gasteiger charge is 2.33. The van der Waals surface area contributed by atoms with E-state index in [1.165, 1.54) is 6.08 Å². The molecular weight excluding hydrogens is 344 g/mol. The minimum atomic E-state index is -3.59. The minimum Gasteiger partial charge on any atom is -0.480 e. The lowest BCUT2D eigenvalue weighted by atomic mass is 10.1. The lowest BCUT2D eigenvalue weighted by Crippen LogP contribution is -2.43. The smallest absolute Gasteiger partial charge is 0.326 e. The van der Waals surface area contributed by atoms with Crippen LogP contribution in [0.2, 0.25) is 0 Å². The fourth-order valence-corrected chi connectivity index (χ4v) is 3.57. The van der Waals surface area contributed by atoms with Crippen LogP contribution >= 0.6 is 40.1 Å². The first kappa shape index (κ1) is 19.8. The molecular formula is C11H18Cl2NO4PS. The molecule has 1 amide bonds. The molecule has 0 saturated heterocycles. The van der Waals surface area contributed by atoms with Crippen molar-refractivity contribution < 1.29 is 19.3 Å². The summed E-state index contributed by atoms with van der Waals surface area (Å²) in [7, 11) is 0. The first-order chi connectivity index (χ1) is 9.22. The van der Waals surface area contributed by atoms with Gasteiger partial charge in [0.1, 0.15) is 12.3 Å². The summed E-state index contributed by atoms with van der Waals surface area (Å²) in [6, 6.07) is -1.08. The molecule has 0 aliphatic heterocycles. The molecule has 1 unspecified atom stereocenters. The molecule has 0 aromatic rings. The number of carboxylic acid groups (broad SMARTS) is 1. The molecule has 0 radical (unpaired) electrons. The van der Waals surface area contributed by atoms with Crippen molar-refractivity contribution in [3.63, 3.8) is 0 Å². The van der Waals surface area contributed by atoms with Gasteiger partial charge in [0.2, 0.25) is 0 Å². The molecule has 0 bridgehead atoms. The molecule has 1 N–H and O–H groups in total. The van der Waals surface area contributed by atoms with Gasteiger partial charge in [0.15, 0.2) is 0 Å². The average Bonchev–Trinajstić information content (AvgIpc) is 2.33. The van der Waals surface area contributed by atoms with Gasteiger partial charge in [-0.2, -0.15) is 0 Å². The lowest BCUT2D eigenvalue weighted by Gasteiger charge is -2.28. The zero-order chi connectivity index (χ0) is 15.8. The topological polar surface area (TPSA) is 74.7 Å². The van der Waals surface area contributed by atoms with E-state index in [0.29, 0.717) is 12.2 Å². The van der Waals surface area contributed by atoms with Gasteiger partial charge in [0, 0.05) is 5.75 Å². The second kappa shape index (κ2) is 9.72. The number of nitrogens with zero attached hydrogens (tertiary/aromatic N) is 1. The van der Waals surface area contributed by atoms with Crippen LogP contribution in [-0.4, -0.2) is 39.3 Å². The second-order valence-electron chi connectivity index (χ2n) is 4.04. The molecule has 0 aromatic carbocycles. The monoisotopic (exact) mass is 361 g/mol. The molecule has 0 fully saturated rings. The van der Waals surface area contributed by atoms with Crippen molar-refractivity contribution >= 4 is 51.3 Å². The molecule has 0 spiro atoms. The van der Waals surface area contributed by atoms with Gasteiger partial charge in [-0.25, -0.2) is 4.79 Å². The third kappa shape index (κ3) is 8.20. The van der Waals surface area contributed by atoms with E-state index in [9.17, 15) is 19.3 Å². The molecule has 0 aliphatic rings. The number of rotatable bonds is 9. The quantitative estimate of drug-likeness (QED) is 0.479. The summed E-state index contributed by atoms with van der Waals surface area (Å²) in [5.74, 6) is -4.42. The lowest BCUT2D eigenvalue weighted by molar-refractivity contribution is -0.142. The van der Waals surface area contributed by atoms with E-state index in [1.54, 1.807) is 0 Å². The Morgan fingerprint density at radius 3 is 2.50 bits per heavy atom. The maximum absolute atomic E-state index is 12.0. The van der Waals surface area contributed by atoms with Crippen LogP contribution in [0.4, 0.5) is 4.79 Å². The SMILES string of the molecule is C=CCSC(=O)N(CP(=O)(Cl)Cl)C(CCCC)C(=O)O. The largest absolute Gasteiger partial charge is 0.480 e. The number of amides is 1. The van der Waals surface area contributed by atoms with E-state index in [-0.39, 0.29) is 6.42 Å². The third-order valence-electron chi connectivity index (χ3n) is 2.37. The van der Waals surface area contributed by atoms with Gasteiger partial charge in [-0.15, -0.1) is 6.58 Å². The van der Waals surface area contributed by atoms with Gasteiger partial charge in [0.25, 0.3) is 11.1 Å². The highest BCUT2D eigenvalue weighted by molar-refractivity contribution is 8.13. The van der Waals surface area contributed by atoms with E-state index in [1.807, 2.05) is 6.92 Å². The zero-order valence-corrected chi connectivity index (χ0v) is 14.4. The Morgan fingerprint density at radius 1 is 1.50 bits per heavy atom. The van der Waals surface area contributed by atoms with E-state index in [2.05, 4.69) is 6.58 Å². The molecule has 20 heavy (non-hydrogen) atoms. The van der Waals surface area contributed by atoms with Crippen molar-refractivity contribution in [3.8, 4) is 0 Å². The number of carboxylic acids is 1. The number of carbonyl (C=O) groups is 2. The number of thioether (sulfide) groups is 1. The van der Waals surface area contributed by atoms with Crippen molar-refractivity contribution in [2.24, 2.45) is 0 Å². The van der Waals surface area contributed by atoms with Crippen LogP contribution in [0.1, 0.15) is 26.2 Å². The summed E-state index contributed by atoms with van der Waals surface area (Å²) >= 11 is 11.9. The first-order valence-corrected chi connectivity index (χ1v) is 10.7. The molecule has 0 heterocycles. The number of carbonyl (C=O) groups excluding carboxylic acids is 1. The van der Waals surface area contributed by atoms with Gasteiger partial charge >= 0.3 is 5.97 Å². The molecule has 116 valence electrons. The van der Waals surface area contributed by atoms with Gasteiger partial charge in [-0.1, -0.05) is 37.6 Å². The maximum Gasteiger partial charge on any atom is 0.326 e. The predicted molar refractivity (Wildman–Crippen MR) is 85.0 cm³/mol. The van der Waals surface area contributed by atoms with Gasteiger partial charge in [-0.3, -0.25) is 9.36 Å². The van der Waals surface area contributed by atoms with Crippen LogP contribution in [0.15, 0.2) is 12.7 Å². The van der Waals surface area contributed by atoms with Gasteiger partial charge < -0.3 is 10.0 Å². The van der Waals surface area contributed by atoms with Crippen LogP contribution in [0.25, 0.3) is 0 Å². The number of aliphatic carboxylic acids is 1. The summed E-state index contributed by atoms with van der Waals surface area (Å²) in [5.41, 5.74) is 0. The van der Waals surface area contributed by atoms with Crippen molar-refractivity contribution in [2.45, 2.75) is 32.2 Å². The predicted octanol–water partition coefficient (Wildman–Crippen LogP) is 4.60. The Morgan fingerprint density at radius 2 is 2.10 bits per heavy atom. The molecule has 0 aromatic heterocycles. The van der Waals surface area contributed by atoms with Crippen LogP contribution in [0, 0.1) is 0 Å². The van der Waals surface area contributed by atoms with Crippen LogP contribution in [-0.2, 0) is 9.36 Å². The van der Waals surface area contributed by atoms with Crippen molar-refractivity contribution in [2.75, 3.05) is 12.0 Å². The summed E-state index contributed by atoms with van der Waals surface area (Å²) in [4.78, 5) is 24.3. The highest BCUT2D eigenvalue weighted by atomic mass is 35.9. The molecule has 0 rings (SSSR count). The van der Waals surface area contributed by atoms with E-state index < -0.39 is 29.4 Å². The van der Waals surface area contributed by atoms with Crippen LogP contribution < -0.4 is 0 Å². The Balaban J connectivity index is 5.12. The Bertz CT molecular complexity index is 402. The molecule has 5 nitrogen and oxygen atoms in total. The Labute approximate surface area is 132 Å². The molecule has 9 heteroatoms. The fourth-order valence-electron chi connectivity index (χ4n) is 1.48. The standard InChI is InChI=1S/C11H18Cl2NO4PS/c1-3-5-6-9(10(15)16)14(8-19(12,13)18)11(17)20-7-4-2/h4,9H,2-3,5-8H2,1H3,(H,15,16). The number of hydrogen-bond donors (Lipinski definition) is 1. The zero-order valence-electron chi connectivity index (χ0n) is 11.1.